The molecule has 33 heavy (non-hydrogen) atoms. The zero-order valence-corrected chi connectivity index (χ0v) is 19.6. The summed E-state index contributed by atoms with van der Waals surface area (Å²) < 4.78 is 11.2. The van der Waals surface area contributed by atoms with Crippen LogP contribution in [0.4, 0.5) is 0 Å². The van der Waals surface area contributed by atoms with Crippen LogP contribution in [0.2, 0.25) is 0 Å². The summed E-state index contributed by atoms with van der Waals surface area (Å²) in [7, 11) is 0. The average molecular weight is 503 g/mol. The van der Waals surface area contributed by atoms with Gasteiger partial charge in [0.2, 0.25) is 11.8 Å². The molecule has 9 nitrogen and oxygen atoms in total. The number of furan rings is 1. The van der Waals surface area contributed by atoms with E-state index in [0.717, 1.165) is 11.8 Å². The van der Waals surface area contributed by atoms with Gasteiger partial charge in [-0.1, -0.05) is 47.9 Å². The van der Waals surface area contributed by atoms with Gasteiger partial charge in [-0.25, -0.2) is 4.98 Å². The maximum absolute atomic E-state index is 12.5. The number of thioether (sulfide) groups is 2. The maximum Gasteiger partial charge on any atom is 0.266 e. The van der Waals surface area contributed by atoms with Gasteiger partial charge in [0.25, 0.3) is 11.1 Å². The van der Waals surface area contributed by atoms with Gasteiger partial charge >= 0.3 is 0 Å². The lowest BCUT2D eigenvalue weighted by molar-refractivity contribution is -0.128. The van der Waals surface area contributed by atoms with Crippen LogP contribution in [0.15, 0.2) is 61.6 Å². The number of hydrogen-bond donors (Lipinski definition) is 2. The first-order chi connectivity index (χ1) is 16.0. The van der Waals surface area contributed by atoms with Crippen LogP contribution in [0.3, 0.4) is 0 Å². The van der Waals surface area contributed by atoms with E-state index in [2.05, 4.69) is 15.8 Å². The highest BCUT2D eigenvalue weighted by molar-refractivity contribution is 8.26. The second kappa shape index (κ2) is 10.7. The second-order valence-corrected chi connectivity index (χ2v) is 9.39. The van der Waals surface area contributed by atoms with Gasteiger partial charge in [0.05, 0.1) is 16.9 Å². The van der Waals surface area contributed by atoms with Crippen molar-refractivity contribution in [3.63, 3.8) is 0 Å². The van der Waals surface area contributed by atoms with Gasteiger partial charge in [0, 0.05) is 19.0 Å². The van der Waals surface area contributed by atoms with Gasteiger partial charge < -0.3 is 8.83 Å². The number of amides is 3. The average Bonchev–Trinajstić information content (AvgIpc) is 3.52. The number of para-hydroxylation sites is 2. The zero-order chi connectivity index (χ0) is 23.2. The summed E-state index contributed by atoms with van der Waals surface area (Å²) in [4.78, 5) is 42.7. The second-order valence-electron chi connectivity index (χ2n) is 6.78. The van der Waals surface area contributed by atoms with Crippen molar-refractivity contribution in [2.24, 2.45) is 0 Å². The predicted octanol–water partition coefficient (Wildman–Crippen LogP) is 3.34. The van der Waals surface area contributed by atoms with E-state index in [4.69, 9.17) is 21.1 Å². The van der Waals surface area contributed by atoms with Crippen molar-refractivity contribution >= 4 is 75.0 Å². The summed E-state index contributed by atoms with van der Waals surface area (Å²) >= 11 is 7.59. The predicted molar refractivity (Wildman–Crippen MR) is 129 cm³/mol. The smallest absolute Gasteiger partial charge is 0.266 e. The van der Waals surface area contributed by atoms with E-state index in [-0.39, 0.29) is 24.0 Å². The number of aromatic nitrogens is 1. The molecular formula is C21H18N4O5S3. The number of hydrazine groups is 1. The van der Waals surface area contributed by atoms with Crippen LogP contribution in [0.1, 0.15) is 18.6 Å². The fourth-order valence-corrected chi connectivity index (χ4v) is 4.80. The molecule has 0 saturated carbocycles. The summed E-state index contributed by atoms with van der Waals surface area (Å²) in [5.41, 5.74) is 6.08. The molecule has 1 aliphatic heterocycles. The van der Waals surface area contributed by atoms with Crippen molar-refractivity contribution < 1.29 is 23.2 Å². The van der Waals surface area contributed by atoms with Crippen LogP contribution in [-0.2, 0) is 14.4 Å². The summed E-state index contributed by atoms with van der Waals surface area (Å²) in [6.45, 7) is 0.301. The molecule has 3 heterocycles. The van der Waals surface area contributed by atoms with E-state index in [1.54, 1.807) is 24.3 Å². The molecule has 2 aromatic heterocycles. The summed E-state index contributed by atoms with van der Waals surface area (Å²) in [5.74, 6) is -0.375. The van der Waals surface area contributed by atoms with Gasteiger partial charge in [-0.2, -0.15) is 0 Å². The number of hydrogen-bond acceptors (Lipinski definition) is 9. The minimum Gasteiger partial charge on any atom is -0.465 e. The fraction of sp³-hybridized carbons (Fsp3) is 0.190. The van der Waals surface area contributed by atoms with Crippen LogP contribution >= 0.6 is 35.7 Å². The molecule has 170 valence electrons. The van der Waals surface area contributed by atoms with Crippen LogP contribution < -0.4 is 10.9 Å². The minimum absolute atomic E-state index is 0.0334. The zero-order valence-electron chi connectivity index (χ0n) is 17.1. The van der Waals surface area contributed by atoms with Crippen LogP contribution in [0.5, 0.6) is 0 Å². The fourth-order valence-electron chi connectivity index (χ4n) is 2.87. The SMILES string of the molecule is O=C(CCCN1C(=O)/C(=C\c2ccco2)SC1=S)NNC(=O)CSc1nc2ccccc2o1. The van der Waals surface area contributed by atoms with Crippen LogP contribution in [-0.4, -0.2) is 44.2 Å². The van der Waals surface area contributed by atoms with Crippen LogP contribution in [0, 0.1) is 0 Å². The van der Waals surface area contributed by atoms with E-state index in [0.29, 0.717) is 44.3 Å². The standard InChI is InChI=1S/C21H18N4O5S3/c26-17(23-24-18(27)12-32-20-22-14-6-1-2-7-15(14)30-20)8-3-9-25-19(28)16(33-21(25)31)11-13-5-4-10-29-13/h1-2,4-7,10-11H,3,8-9,12H2,(H,23,26)(H,24,27)/b16-11+. The Balaban J connectivity index is 1.15. The molecular weight excluding hydrogens is 484 g/mol. The van der Waals surface area contributed by atoms with Crippen molar-refractivity contribution in [2.75, 3.05) is 12.3 Å². The quantitative estimate of drug-likeness (QED) is 0.207. The van der Waals surface area contributed by atoms with Gasteiger partial charge in [0.15, 0.2) is 5.58 Å². The monoisotopic (exact) mass is 502 g/mol. The molecule has 0 atom stereocenters. The Labute approximate surface area is 202 Å². The minimum atomic E-state index is -0.393. The van der Waals surface area contributed by atoms with E-state index < -0.39 is 5.91 Å². The topological polar surface area (TPSA) is 118 Å². The summed E-state index contributed by atoms with van der Waals surface area (Å²) in [6.07, 6.45) is 3.67. The van der Waals surface area contributed by atoms with Crippen molar-refractivity contribution in [1.82, 2.24) is 20.7 Å². The van der Waals surface area contributed by atoms with Crippen molar-refractivity contribution in [3.8, 4) is 0 Å². The lowest BCUT2D eigenvalue weighted by Gasteiger charge is -2.14. The van der Waals surface area contributed by atoms with Gasteiger partial charge in [0.1, 0.15) is 15.6 Å². The molecule has 0 spiro atoms. The first-order valence-corrected chi connectivity index (χ1v) is 12.1. The van der Waals surface area contributed by atoms with Gasteiger partial charge in [-0.05, 0) is 30.7 Å². The summed E-state index contributed by atoms with van der Waals surface area (Å²) in [6, 6.07) is 10.8. The molecule has 3 aromatic rings. The Morgan fingerprint density at radius 1 is 1.18 bits per heavy atom. The number of nitrogens with zero attached hydrogens (tertiary/aromatic N) is 2. The lowest BCUT2D eigenvalue weighted by Crippen LogP contribution is -2.42. The number of rotatable bonds is 8. The van der Waals surface area contributed by atoms with Crippen molar-refractivity contribution in [1.29, 1.82) is 0 Å². The normalized spacial score (nSPS) is 14.9. The van der Waals surface area contributed by atoms with Gasteiger partial charge in [-0.15, -0.1) is 0 Å². The molecule has 12 heteroatoms. The van der Waals surface area contributed by atoms with E-state index in [1.165, 1.54) is 22.9 Å². The van der Waals surface area contributed by atoms with E-state index in [9.17, 15) is 14.4 Å². The Bertz CT molecular complexity index is 1190. The van der Waals surface area contributed by atoms with Crippen molar-refractivity contribution in [3.05, 3.63) is 53.3 Å². The molecule has 0 radical (unpaired) electrons. The first kappa shape index (κ1) is 23.1. The largest absolute Gasteiger partial charge is 0.465 e. The highest BCUT2D eigenvalue weighted by atomic mass is 32.2. The Morgan fingerprint density at radius 2 is 2.00 bits per heavy atom. The molecule has 0 aliphatic carbocycles. The third kappa shape index (κ3) is 6.03. The number of carbonyl (C=O) groups excluding carboxylic acids is 3. The molecule has 2 N–H and O–H groups in total. The van der Waals surface area contributed by atoms with E-state index in [1.807, 2.05) is 18.2 Å². The molecule has 1 aliphatic rings. The van der Waals surface area contributed by atoms with E-state index >= 15 is 0 Å². The Hall–Kier alpha value is -3.09. The molecule has 0 unspecified atom stereocenters. The van der Waals surface area contributed by atoms with Gasteiger partial charge in [-0.3, -0.25) is 30.1 Å². The molecule has 0 bridgehead atoms. The molecule has 4 rings (SSSR count). The van der Waals surface area contributed by atoms with Crippen molar-refractivity contribution in [2.45, 2.75) is 18.1 Å². The summed E-state index contributed by atoms with van der Waals surface area (Å²) in [5, 5.41) is 0.377. The highest BCUT2D eigenvalue weighted by Gasteiger charge is 2.31. The third-order valence-electron chi connectivity index (χ3n) is 4.42. The highest BCUT2D eigenvalue weighted by Crippen LogP contribution is 2.32. The molecule has 3 amide bonds. The Kier molecular flexibility index (Phi) is 7.47. The molecule has 1 saturated heterocycles. The van der Waals surface area contributed by atoms with Crippen LogP contribution in [0.25, 0.3) is 17.2 Å². The number of benzene rings is 1. The number of thiocarbonyl (C=S) groups is 1. The maximum atomic E-state index is 12.5. The molecule has 1 aromatic carbocycles. The number of fused-ring (bicyclic) bond motifs is 1. The number of carbonyl (C=O) groups is 3. The lowest BCUT2D eigenvalue weighted by atomic mass is 10.3. The number of nitrogens with one attached hydrogen (secondary N) is 2. The first-order valence-electron chi connectivity index (χ1n) is 9.84. The third-order valence-corrected chi connectivity index (χ3v) is 6.62. The molecule has 1 fully saturated rings. The number of oxazole rings is 1. The Morgan fingerprint density at radius 3 is 2.79 bits per heavy atom.